The Labute approximate surface area is 158 Å². The summed E-state index contributed by atoms with van der Waals surface area (Å²) in [5.41, 5.74) is 5.36. The van der Waals surface area contributed by atoms with Gasteiger partial charge in [0.1, 0.15) is 11.9 Å². The van der Waals surface area contributed by atoms with Crippen molar-refractivity contribution < 1.29 is 22.6 Å². The van der Waals surface area contributed by atoms with Gasteiger partial charge in [-0.25, -0.2) is 4.98 Å². The zero-order valence-electron chi connectivity index (χ0n) is 14.4. The molecule has 8 heteroatoms. The van der Waals surface area contributed by atoms with Gasteiger partial charge in [0.2, 0.25) is 5.88 Å². The molecule has 1 aliphatic rings. The van der Waals surface area contributed by atoms with Gasteiger partial charge in [-0.05, 0) is 61.2 Å². The molecule has 1 saturated carbocycles. The fourth-order valence-electron chi connectivity index (χ4n) is 3.14. The zero-order chi connectivity index (χ0) is 19.1. The SMILES string of the molecule is CC(C)Oc1cc(C(F)(F)F)c2c(OC3CCCC3N)c(Br)ccc2n1. The minimum absolute atomic E-state index is 0.0642. The number of halogens is 4. The van der Waals surface area contributed by atoms with Crippen LogP contribution in [0.4, 0.5) is 13.2 Å². The predicted octanol–water partition coefficient (Wildman–Crippen LogP) is 5.06. The lowest BCUT2D eigenvalue weighted by Gasteiger charge is -2.22. The van der Waals surface area contributed by atoms with Crippen LogP contribution in [0.3, 0.4) is 0 Å². The van der Waals surface area contributed by atoms with E-state index in [1.54, 1.807) is 19.9 Å². The van der Waals surface area contributed by atoms with Crippen LogP contribution in [-0.2, 0) is 6.18 Å². The van der Waals surface area contributed by atoms with Crippen molar-refractivity contribution in [3.8, 4) is 11.6 Å². The van der Waals surface area contributed by atoms with Crippen LogP contribution in [0.1, 0.15) is 38.7 Å². The summed E-state index contributed by atoms with van der Waals surface area (Å²) >= 11 is 3.31. The number of benzene rings is 1. The van der Waals surface area contributed by atoms with Crippen LogP contribution >= 0.6 is 15.9 Å². The summed E-state index contributed by atoms with van der Waals surface area (Å²) in [5.74, 6) is 0.0615. The zero-order valence-corrected chi connectivity index (χ0v) is 16.0. The number of hydrogen-bond acceptors (Lipinski definition) is 4. The van der Waals surface area contributed by atoms with E-state index in [1.807, 2.05) is 0 Å². The van der Waals surface area contributed by atoms with E-state index in [-0.39, 0.29) is 40.8 Å². The van der Waals surface area contributed by atoms with Crippen molar-refractivity contribution in [1.82, 2.24) is 4.98 Å². The van der Waals surface area contributed by atoms with Crippen molar-refractivity contribution in [3.63, 3.8) is 0 Å². The monoisotopic (exact) mass is 432 g/mol. The number of nitrogens with two attached hydrogens (primary N) is 1. The molecule has 2 atom stereocenters. The molecule has 2 aromatic rings. The summed E-state index contributed by atoms with van der Waals surface area (Å²) < 4.78 is 53.0. The van der Waals surface area contributed by atoms with Gasteiger partial charge >= 0.3 is 6.18 Å². The summed E-state index contributed by atoms with van der Waals surface area (Å²) in [5, 5.41) is -0.0814. The van der Waals surface area contributed by atoms with Crippen molar-refractivity contribution in [2.75, 3.05) is 0 Å². The molecule has 2 unspecified atom stereocenters. The Morgan fingerprint density at radius 1 is 1.27 bits per heavy atom. The second-order valence-electron chi connectivity index (χ2n) is 6.69. The maximum atomic E-state index is 13.8. The first-order valence-electron chi connectivity index (χ1n) is 8.46. The molecule has 0 spiro atoms. The second-order valence-corrected chi connectivity index (χ2v) is 7.55. The number of nitrogens with zero attached hydrogens (tertiary/aromatic N) is 1. The molecule has 1 aromatic heterocycles. The lowest BCUT2D eigenvalue weighted by Crippen LogP contribution is -2.33. The van der Waals surface area contributed by atoms with Crippen LogP contribution in [0.15, 0.2) is 22.7 Å². The average molecular weight is 433 g/mol. The summed E-state index contributed by atoms with van der Waals surface area (Å²) in [4.78, 5) is 4.23. The Kier molecular flexibility index (Phi) is 5.35. The van der Waals surface area contributed by atoms with Crippen LogP contribution in [0.25, 0.3) is 10.9 Å². The van der Waals surface area contributed by atoms with Crippen LogP contribution < -0.4 is 15.2 Å². The van der Waals surface area contributed by atoms with Crippen molar-refractivity contribution in [3.05, 3.63) is 28.2 Å². The highest BCUT2D eigenvalue weighted by Gasteiger charge is 2.36. The Hall–Kier alpha value is -1.54. The highest BCUT2D eigenvalue weighted by atomic mass is 79.9. The first-order valence-corrected chi connectivity index (χ1v) is 9.25. The molecular formula is C18H20BrF3N2O2. The molecule has 0 bridgehead atoms. The summed E-state index contributed by atoms with van der Waals surface area (Å²) in [6.07, 6.45) is -2.78. The van der Waals surface area contributed by atoms with Crippen molar-refractivity contribution in [2.24, 2.45) is 5.73 Å². The molecule has 1 aliphatic carbocycles. The molecule has 4 nitrogen and oxygen atoms in total. The van der Waals surface area contributed by atoms with Gasteiger partial charge in [0.15, 0.2) is 0 Å². The summed E-state index contributed by atoms with van der Waals surface area (Å²) in [6, 6.07) is 3.88. The maximum absolute atomic E-state index is 13.8. The quantitative estimate of drug-likeness (QED) is 0.733. The molecular weight excluding hydrogens is 413 g/mol. The van der Waals surface area contributed by atoms with E-state index in [4.69, 9.17) is 15.2 Å². The van der Waals surface area contributed by atoms with Crippen LogP contribution in [-0.4, -0.2) is 23.2 Å². The Bertz CT molecular complexity index is 811. The van der Waals surface area contributed by atoms with Crippen molar-refractivity contribution >= 4 is 26.8 Å². The van der Waals surface area contributed by atoms with Gasteiger partial charge in [-0.1, -0.05) is 0 Å². The first kappa shape index (κ1) is 19.2. The highest BCUT2D eigenvalue weighted by Crippen LogP contribution is 2.44. The number of rotatable bonds is 4. The summed E-state index contributed by atoms with van der Waals surface area (Å²) in [6.45, 7) is 3.47. The lowest BCUT2D eigenvalue weighted by atomic mass is 10.1. The Morgan fingerprint density at radius 3 is 2.58 bits per heavy atom. The fourth-order valence-corrected chi connectivity index (χ4v) is 3.56. The van der Waals surface area contributed by atoms with E-state index in [1.165, 1.54) is 6.07 Å². The lowest BCUT2D eigenvalue weighted by molar-refractivity contribution is -0.136. The molecule has 142 valence electrons. The summed E-state index contributed by atoms with van der Waals surface area (Å²) in [7, 11) is 0. The van der Waals surface area contributed by atoms with Gasteiger partial charge in [-0.2, -0.15) is 13.2 Å². The standard InChI is InChI=1S/C18H20BrF3N2O2/c1-9(2)25-15-8-10(18(20,21)22)16-13(24-15)7-6-11(19)17(16)26-14-5-3-4-12(14)23/h6-9,12,14H,3-5,23H2,1-2H3. The van der Waals surface area contributed by atoms with E-state index in [2.05, 4.69) is 20.9 Å². The normalized spacial score (nSPS) is 20.8. The number of alkyl halides is 3. The molecule has 1 heterocycles. The van der Waals surface area contributed by atoms with Crippen LogP contribution in [0, 0.1) is 0 Å². The van der Waals surface area contributed by atoms with E-state index in [0.717, 1.165) is 18.9 Å². The molecule has 1 aromatic carbocycles. The van der Waals surface area contributed by atoms with Crippen molar-refractivity contribution in [2.45, 2.75) is 57.5 Å². The minimum atomic E-state index is -4.58. The molecule has 2 N–H and O–H groups in total. The molecule has 0 saturated heterocycles. The van der Waals surface area contributed by atoms with E-state index < -0.39 is 11.7 Å². The first-order chi connectivity index (χ1) is 12.2. The number of aromatic nitrogens is 1. The Balaban J connectivity index is 2.18. The maximum Gasteiger partial charge on any atom is 0.417 e. The third-order valence-corrected chi connectivity index (χ3v) is 4.91. The number of hydrogen-bond donors (Lipinski definition) is 1. The van der Waals surface area contributed by atoms with E-state index >= 15 is 0 Å². The number of fused-ring (bicyclic) bond motifs is 1. The third kappa shape index (κ3) is 3.91. The van der Waals surface area contributed by atoms with E-state index in [0.29, 0.717) is 10.9 Å². The molecule has 26 heavy (non-hydrogen) atoms. The van der Waals surface area contributed by atoms with Gasteiger partial charge in [-0.15, -0.1) is 0 Å². The topological polar surface area (TPSA) is 57.4 Å². The van der Waals surface area contributed by atoms with Gasteiger partial charge < -0.3 is 15.2 Å². The van der Waals surface area contributed by atoms with E-state index in [9.17, 15) is 13.2 Å². The number of ether oxygens (including phenoxy) is 2. The molecule has 0 aliphatic heterocycles. The largest absolute Gasteiger partial charge is 0.487 e. The average Bonchev–Trinajstić information content (AvgIpc) is 2.93. The minimum Gasteiger partial charge on any atom is -0.487 e. The predicted molar refractivity (Wildman–Crippen MR) is 96.5 cm³/mol. The number of pyridine rings is 1. The molecule has 3 rings (SSSR count). The highest BCUT2D eigenvalue weighted by molar-refractivity contribution is 9.10. The third-order valence-electron chi connectivity index (χ3n) is 4.29. The van der Waals surface area contributed by atoms with Gasteiger partial charge in [-0.3, -0.25) is 0 Å². The van der Waals surface area contributed by atoms with Crippen molar-refractivity contribution in [1.29, 1.82) is 0 Å². The smallest absolute Gasteiger partial charge is 0.417 e. The van der Waals surface area contributed by atoms with Crippen LogP contribution in [0.5, 0.6) is 11.6 Å². The Morgan fingerprint density at radius 2 is 2.00 bits per heavy atom. The molecule has 0 amide bonds. The second kappa shape index (κ2) is 7.23. The molecule has 0 radical (unpaired) electrons. The molecule has 1 fully saturated rings. The van der Waals surface area contributed by atoms with Gasteiger partial charge in [0.25, 0.3) is 0 Å². The van der Waals surface area contributed by atoms with Gasteiger partial charge in [0.05, 0.1) is 27.0 Å². The van der Waals surface area contributed by atoms with Crippen LogP contribution in [0.2, 0.25) is 0 Å². The fraction of sp³-hybridized carbons (Fsp3) is 0.500. The van der Waals surface area contributed by atoms with Gasteiger partial charge in [0, 0.05) is 12.1 Å².